The van der Waals surface area contributed by atoms with Gasteiger partial charge in [0, 0.05) is 0 Å². The van der Waals surface area contributed by atoms with Crippen LogP contribution in [0.4, 0.5) is 0 Å². The second kappa shape index (κ2) is 11.8. The Morgan fingerprint density at radius 1 is 0.964 bits per heavy atom. The zero-order valence-corrected chi connectivity index (χ0v) is 17.1. The first-order chi connectivity index (χ1) is 13.6. The number of hydrogen-bond donors (Lipinski definition) is 0. The number of aryl methyl sites for hydroxylation is 2. The Balaban J connectivity index is 1.76. The van der Waals surface area contributed by atoms with Crippen molar-refractivity contribution in [2.45, 2.75) is 27.4 Å². The molecule has 2 aromatic carbocycles. The first-order valence-corrected chi connectivity index (χ1v) is 9.35. The molecule has 0 radical (unpaired) electrons. The zero-order chi connectivity index (χ0) is 20.2. The number of allylic oxidation sites excluding steroid dienone is 1. The van der Waals surface area contributed by atoms with Gasteiger partial charge in [-0.1, -0.05) is 41.6 Å². The number of rotatable bonds is 11. The minimum absolute atomic E-state index is 0.499. The standard InChI is InChI=1S/C23H29NO4/c1-5-6-11-27-22-14-18(2)23(19(3)15-22)28-13-12-26-17-21-9-7-20(8-10-21)16-24-25-4/h5-10,14-16H,11-13,17H2,1-4H3/b6-5+,24-16?. The summed E-state index contributed by atoms with van der Waals surface area (Å²) < 4.78 is 17.3. The van der Waals surface area contributed by atoms with Gasteiger partial charge in [-0.05, 0) is 55.2 Å². The van der Waals surface area contributed by atoms with Crippen molar-refractivity contribution in [1.29, 1.82) is 0 Å². The van der Waals surface area contributed by atoms with E-state index in [0.717, 1.165) is 33.8 Å². The molecule has 28 heavy (non-hydrogen) atoms. The van der Waals surface area contributed by atoms with Crippen LogP contribution in [0.2, 0.25) is 0 Å². The Morgan fingerprint density at radius 2 is 1.68 bits per heavy atom. The van der Waals surface area contributed by atoms with Gasteiger partial charge in [-0.3, -0.25) is 0 Å². The molecule has 150 valence electrons. The van der Waals surface area contributed by atoms with Gasteiger partial charge in [0.1, 0.15) is 31.8 Å². The highest BCUT2D eigenvalue weighted by Crippen LogP contribution is 2.28. The molecule has 0 bridgehead atoms. The summed E-state index contributed by atoms with van der Waals surface area (Å²) in [5.74, 6) is 1.75. The summed E-state index contributed by atoms with van der Waals surface area (Å²) >= 11 is 0. The summed E-state index contributed by atoms with van der Waals surface area (Å²) in [5.41, 5.74) is 4.20. The van der Waals surface area contributed by atoms with Crippen molar-refractivity contribution in [3.8, 4) is 11.5 Å². The SMILES string of the molecule is C/C=C/COc1cc(C)c(OCCOCc2ccc(C=NOC)cc2)c(C)c1. The van der Waals surface area contributed by atoms with E-state index >= 15 is 0 Å². The van der Waals surface area contributed by atoms with E-state index in [-0.39, 0.29) is 0 Å². The molecule has 0 amide bonds. The quantitative estimate of drug-likeness (QED) is 0.241. The van der Waals surface area contributed by atoms with Crippen LogP contribution in [0.1, 0.15) is 29.2 Å². The Kier molecular flexibility index (Phi) is 9.08. The Morgan fingerprint density at radius 3 is 2.32 bits per heavy atom. The zero-order valence-electron chi connectivity index (χ0n) is 17.1. The molecule has 5 heteroatoms. The molecule has 5 nitrogen and oxygen atoms in total. The number of oxime groups is 1. The maximum atomic E-state index is 5.92. The van der Waals surface area contributed by atoms with Crippen LogP contribution in [0, 0.1) is 13.8 Å². The molecule has 0 aliphatic carbocycles. The van der Waals surface area contributed by atoms with Crippen molar-refractivity contribution >= 4 is 6.21 Å². The fourth-order valence-electron chi connectivity index (χ4n) is 2.67. The molecule has 0 aliphatic heterocycles. The van der Waals surface area contributed by atoms with Gasteiger partial charge in [0.25, 0.3) is 0 Å². The number of benzene rings is 2. The fourth-order valence-corrected chi connectivity index (χ4v) is 2.67. The van der Waals surface area contributed by atoms with Crippen molar-refractivity contribution in [2.24, 2.45) is 5.16 Å². The average molecular weight is 383 g/mol. The topological polar surface area (TPSA) is 49.3 Å². The molecule has 0 N–H and O–H groups in total. The Bertz CT molecular complexity index is 759. The van der Waals surface area contributed by atoms with Crippen LogP contribution in [-0.4, -0.2) is 33.1 Å². The van der Waals surface area contributed by atoms with Gasteiger partial charge in [0.05, 0.1) is 19.4 Å². The summed E-state index contributed by atoms with van der Waals surface area (Å²) in [4.78, 5) is 4.67. The predicted octanol–water partition coefficient (Wildman–Crippen LogP) is 4.83. The largest absolute Gasteiger partial charge is 0.491 e. The van der Waals surface area contributed by atoms with E-state index < -0.39 is 0 Å². The van der Waals surface area contributed by atoms with Crippen LogP contribution in [0.25, 0.3) is 0 Å². The van der Waals surface area contributed by atoms with E-state index in [9.17, 15) is 0 Å². The molecule has 0 aliphatic rings. The summed E-state index contributed by atoms with van der Waals surface area (Å²) in [5, 5.41) is 3.74. The molecule has 0 saturated heterocycles. The van der Waals surface area contributed by atoms with Crippen LogP contribution >= 0.6 is 0 Å². The van der Waals surface area contributed by atoms with Crippen LogP contribution in [0.3, 0.4) is 0 Å². The van der Waals surface area contributed by atoms with Gasteiger partial charge in [-0.25, -0.2) is 0 Å². The van der Waals surface area contributed by atoms with E-state index in [1.54, 1.807) is 6.21 Å². The second-order valence-corrected chi connectivity index (χ2v) is 6.33. The predicted molar refractivity (Wildman–Crippen MR) is 112 cm³/mol. The second-order valence-electron chi connectivity index (χ2n) is 6.33. The van der Waals surface area contributed by atoms with Gasteiger partial charge in [0.15, 0.2) is 0 Å². The summed E-state index contributed by atoms with van der Waals surface area (Å²) in [6.07, 6.45) is 5.62. The highest BCUT2D eigenvalue weighted by molar-refractivity contribution is 5.79. The van der Waals surface area contributed by atoms with Gasteiger partial charge >= 0.3 is 0 Å². The van der Waals surface area contributed by atoms with Gasteiger partial charge in [-0.15, -0.1) is 0 Å². The van der Waals surface area contributed by atoms with Crippen molar-refractivity contribution in [2.75, 3.05) is 26.9 Å². The molecule has 0 fully saturated rings. The lowest BCUT2D eigenvalue weighted by molar-refractivity contribution is 0.0885. The normalized spacial score (nSPS) is 11.3. The number of ether oxygens (including phenoxy) is 3. The molecule has 2 rings (SSSR count). The lowest BCUT2D eigenvalue weighted by atomic mass is 10.1. The molecule has 0 atom stereocenters. The van der Waals surface area contributed by atoms with Crippen molar-refractivity contribution in [3.05, 3.63) is 70.8 Å². The molecule has 0 saturated carbocycles. The van der Waals surface area contributed by atoms with E-state index in [1.807, 2.05) is 69.3 Å². The smallest absolute Gasteiger partial charge is 0.125 e. The van der Waals surface area contributed by atoms with Crippen molar-refractivity contribution < 1.29 is 19.0 Å². The maximum Gasteiger partial charge on any atom is 0.125 e. The summed E-state index contributed by atoms with van der Waals surface area (Å²) in [6, 6.07) is 12.0. The van der Waals surface area contributed by atoms with Crippen LogP contribution in [0.5, 0.6) is 11.5 Å². The summed E-state index contributed by atoms with van der Waals surface area (Å²) in [7, 11) is 1.52. The summed E-state index contributed by atoms with van der Waals surface area (Å²) in [6.45, 7) is 8.17. The molecule has 0 spiro atoms. The van der Waals surface area contributed by atoms with Gasteiger partial charge < -0.3 is 19.0 Å². The third kappa shape index (κ3) is 7.08. The molecular formula is C23H29NO4. The third-order valence-electron chi connectivity index (χ3n) is 4.05. The van der Waals surface area contributed by atoms with Gasteiger partial charge in [-0.2, -0.15) is 0 Å². The van der Waals surface area contributed by atoms with Gasteiger partial charge in [0.2, 0.25) is 0 Å². The fraction of sp³-hybridized carbons (Fsp3) is 0.348. The molecule has 2 aromatic rings. The van der Waals surface area contributed by atoms with Crippen LogP contribution in [0.15, 0.2) is 53.7 Å². The first-order valence-electron chi connectivity index (χ1n) is 9.35. The lowest BCUT2D eigenvalue weighted by Gasteiger charge is -2.14. The maximum absolute atomic E-state index is 5.92. The molecular weight excluding hydrogens is 354 g/mol. The molecule has 0 unspecified atom stereocenters. The van der Waals surface area contributed by atoms with Crippen LogP contribution < -0.4 is 9.47 Å². The molecule has 0 aromatic heterocycles. The Hall–Kier alpha value is -2.79. The minimum Gasteiger partial charge on any atom is -0.491 e. The van der Waals surface area contributed by atoms with Crippen molar-refractivity contribution in [1.82, 2.24) is 0 Å². The van der Waals surface area contributed by atoms with E-state index in [4.69, 9.17) is 14.2 Å². The number of nitrogens with zero attached hydrogens (tertiary/aromatic N) is 1. The third-order valence-corrected chi connectivity index (χ3v) is 4.05. The Labute approximate surface area is 167 Å². The monoisotopic (exact) mass is 383 g/mol. The minimum atomic E-state index is 0.499. The molecule has 0 heterocycles. The highest BCUT2D eigenvalue weighted by atomic mass is 16.6. The van der Waals surface area contributed by atoms with E-state index in [0.29, 0.717) is 26.4 Å². The number of hydrogen-bond acceptors (Lipinski definition) is 5. The van der Waals surface area contributed by atoms with Crippen LogP contribution in [-0.2, 0) is 16.2 Å². The highest BCUT2D eigenvalue weighted by Gasteiger charge is 2.07. The van der Waals surface area contributed by atoms with E-state index in [2.05, 4.69) is 9.99 Å². The van der Waals surface area contributed by atoms with E-state index in [1.165, 1.54) is 7.11 Å². The lowest BCUT2D eigenvalue weighted by Crippen LogP contribution is -2.08. The average Bonchev–Trinajstić information content (AvgIpc) is 2.69. The van der Waals surface area contributed by atoms with Crippen molar-refractivity contribution in [3.63, 3.8) is 0 Å². The first kappa shape index (κ1) is 21.5.